The summed E-state index contributed by atoms with van der Waals surface area (Å²) in [7, 11) is 0. The van der Waals surface area contributed by atoms with Crippen molar-refractivity contribution in [3.05, 3.63) is 65.2 Å². The molecule has 0 fully saturated rings. The Morgan fingerprint density at radius 1 is 0.889 bits per heavy atom. The third-order valence-electron chi connectivity index (χ3n) is 2.92. The molecule has 94 valence electrons. The first-order valence-electron chi connectivity index (χ1n) is 6.49. The minimum atomic E-state index is 0.776. The zero-order chi connectivity index (χ0) is 12.8. The molecule has 0 saturated carbocycles. The number of hydrogen-bond acceptors (Lipinski definition) is 1. The number of benzene rings is 2. The van der Waals surface area contributed by atoms with Gasteiger partial charge >= 0.3 is 0 Å². The Bertz CT molecular complexity index is 468. The third kappa shape index (κ3) is 3.92. The second kappa shape index (κ2) is 6.25. The van der Waals surface area contributed by atoms with E-state index < -0.39 is 0 Å². The third-order valence-corrected chi connectivity index (χ3v) is 2.92. The van der Waals surface area contributed by atoms with E-state index in [-0.39, 0.29) is 0 Å². The van der Waals surface area contributed by atoms with Gasteiger partial charge in [-0.2, -0.15) is 0 Å². The molecule has 2 rings (SSSR count). The van der Waals surface area contributed by atoms with Gasteiger partial charge in [0.1, 0.15) is 5.75 Å². The van der Waals surface area contributed by atoms with Crippen molar-refractivity contribution in [2.75, 3.05) is 6.61 Å². The molecule has 0 atom stereocenters. The molecule has 0 aliphatic rings. The van der Waals surface area contributed by atoms with E-state index >= 15 is 0 Å². The van der Waals surface area contributed by atoms with Crippen molar-refractivity contribution >= 4 is 0 Å². The molecule has 0 unspecified atom stereocenters. The Morgan fingerprint density at radius 2 is 1.56 bits per heavy atom. The fourth-order valence-corrected chi connectivity index (χ4v) is 2.13. The van der Waals surface area contributed by atoms with E-state index in [1.165, 1.54) is 16.7 Å². The van der Waals surface area contributed by atoms with Crippen LogP contribution in [0.3, 0.4) is 0 Å². The fraction of sp³-hybridized carbons (Fsp3) is 0.294. The van der Waals surface area contributed by atoms with E-state index in [4.69, 9.17) is 4.74 Å². The molecule has 0 aromatic heterocycles. The van der Waals surface area contributed by atoms with E-state index in [2.05, 4.69) is 62.4 Å². The molecular formula is C17H20O. The second-order valence-electron chi connectivity index (χ2n) is 4.76. The maximum atomic E-state index is 5.79. The van der Waals surface area contributed by atoms with Crippen LogP contribution < -0.4 is 4.74 Å². The number of hydrogen-bond donors (Lipinski definition) is 0. The highest BCUT2D eigenvalue weighted by atomic mass is 16.5. The largest absolute Gasteiger partial charge is 0.494 e. The van der Waals surface area contributed by atoms with Crippen molar-refractivity contribution in [1.82, 2.24) is 0 Å². The average Bonchev–Trinajstić information content (AvgIpc) is 2.35. The molecule has 0 amide bonds. The van der Waals surface area contributed by atoms with Crippen LogP contribution in [0.15, 0.2) is 48.5 Å². The molecule has 2 aromatic rings. The minimum absolute atomic E-state index is 0.776. The van der Waals surface area contributed by atoms with E-state index in [1.807, 2.05) is 0 Å². The summed E-state index contributed by atoms with van der Waals surface area (Å²) in [6.45, 7) is 4.98. The van der Waals surface area contributed by atoms with Crippen LogP contribution in [0, 0.1) is 13.8 Å². The maximum absolute atomic E-state index is 5.79. The van der Waals surface area contributed by atoms with Gasteiger partial charge in [-0.05, 0) is 55.5 Å². The molecule has 0 heterocycles. The lowest BCUT2D eigenvalue weighted by molar-refractivity contribution is 0.310. The minimum Gasteiger partial charge on any atom is -0.494 e. The van der Waals surface area contributed by atoms with Gasteiger partial charge in [-0.25, -0.2) is 0 Å². The molecule has 1 heteroatoms. The molecule has 1 nitrogen and oxygen atoms in total. The highest BCUT2D eigenvalue weighted by molar-refractivity contribution is 5.32. The summed E-state index contributed by atoms with van der Waals surface area (Å²) in [6, 6.07) is 16.9. The Labute approximate surface area is 109 Å². The predicted molar refractivity (Wildman–Crippen MR) is 76.2 cm³/mol. The maximum Gasteiger partial charge on any atom is 0.119 e. The molecule has 0 radical (unpaired) electrons. The van der Waals surface area contributed by atoms with Crippen molar-refractivity contribution in [2.24, 2.45) is 0 Å². The van der Waals surface area contributed by atoms with Crippen LogP contribution in [-0.4, -0.2) is 6.61 Å². The molecule has 0 bridgehead atoms. The SMILES string of the molecule is Cc1cc(C)cc(OCCCc2ccccc2)c1. The molecular weight excluding hydrogens is 220 g/mol. The van der Waals surface area contributed by atoms with Gasteiger partial charge in [0, 0.05) is 0 Å². The standard InChI is InChI=1S/C17H20O/c1-14-11-15(2)13-17(12-14)18-10-6-9-16-7-4-3-5-8-16/h3-5,7-8,11-13H,6,9-10H2,1-2H3. The van der Waals surface area contributed by atoms with Crippen molar-refractivity contribution in [3.8, 4) is 5.75 Å². The molecule has 0 aliphatic heterocycles. The van der Waals surface area contributed by atoms with Gasteiger partial charge in [-0.3, -0.25) is 0 Å². The second-order valence-corrected chi connectivity index (χ2v) is 4.76. The highest BCUT2D eigenvalue weighted by Gasteiger charge is 1.97. The monoisotopic (exact) mass is 240 g/mol. The topological polar surface area (TPSA) is 9.23 Å². The lowest BCUT2D eigenvalue weighted by Gasteiger charge is -2.08. The quantitative estimate of drug-likeness (QED) is 0.707. The summed E-state index contributed by atoms with van der Waals surface area (Å²) >= 11 is 0. The highest BCUT2D eigenvalue weighted by Crippen LogP contribution is 2.16. The molecule has 0 spiro atoms. The summed E-state index contributed by atoms with van der Waals surface area (Å²) in [5, 5.41) is 0. The van der Waals surface area contributed by atoms with Crippen molar-refractivity contribution in [1.29, 1.82) is 0 Å². The average molecular weight is 240 g/mol. The van der Waals surface area contributed by atoms with Crippen LogP contribution in [0.5, 0.6) is 5.75 Å². The van der Waals surface area contributed by atoms with E-state index in [9.17, 15) is 0 Å². The summed E-state index contributed by atoms with van der Waals surface area (Å²) in [5.41, 5.74) is 3.89. The van der Waals surface area contributed by atoms with Crippen LogP contribution in [0.25, 0.3) is 0 Å². The van der Waals surface area contributed by atoms with E-state index in [0.29, 0.717) is 0 Å². The molecule has 0 N–H and O–H groups in total. The van der Waals surface area contributed by atoms with Gasteiger partial charge in [-0.15, -0.1) is 0 Å². The summed E-state index contributed by atoms with van der Waals surface area (Å²) in [5.74, 6) is 0.987. The van der Waals surface area contributed by atoms with Crippen LogP contribution in [0.4, 0.5) is 0 Å². The van der Waals surface area contributed by atoms with Gasteiger partial charge in [0.2, 0.25) is 0 Å². The Kier molecular flexibility index (Phi) is 4.40. The zero-order valence-electron chi connectivity index (χ0n) is 11.1. The van der Waals surface area contributed by atoms with Gasteiger partial charge in [0.05, 0.1) is 6.61 Å². The van der Waals surface area contributed by atoms with Crippen LogP contribution in [0.1, 0.15) is 23.1 Å². The molecule has 18 heavy (non-hydrogen) atoms. The van der Waals surface area contributed by atoms with Gasteiger partial charge in [-0.1, -0.05) is 36.4 Å². The number of aryl methyl sites for hydroxylation is 3. The van der Waals surface area contributed by atoms with Crippen LogP contribution >= 0.6 is 0 Å². The molecule has 2 aromatic carbocycles. The van der Waals surface area contributed by atoms with E-state index in [0.717, 1.165) is 25.2 Å². The summed E-state index contributed by atoms with van der Waals surface area (Å²) < 4.78 is 5.79. The first kappa shape index (κ1) is 12.7. The molecule has 0 aliphatic carbocycles. The normalized spacial score (nSPS) is 10.3. The zero-order valence-corrected chi connectivity index (χ0v) is 11.1. The van der Waals surface area contributed by atoms with Gasteiger partial charge < -0.3 is 4.74 Å². The van der Waals surface area contributed by atoms with Gasteiger partial charge in [0.25, 0.3) is 0 Å². The summed E-state index contributed by atoms with van der Waals surface area (Å²) in [4.78, 5) is 0. The molecule has 0 saturated heterocycles. The lowest BCUT2D eigenvalue weighted by Crippen LogP contribution is -1.99. The van der Waals surface area contributed by atoms with Crippen molar-refractivity contribution < 1.29 is 4.74 Å². The van der Waals surface area contributed by atoms with Crippen LogP contribution in [0.2, 0.25) is 0 Å². The summed E-state index contributed by atoms with van der Waals surface area (Å²) in [6.07, 6.45) is 2.13. The first-order chi connectivity index (χ1) is 8.74. The van der Waals surface area contributed by atoms with Crippen molar-refractivity contribution in [3.63, 3.8) is 0 Å². The van der Waals surface area contributed by atoms with Crippen molar-refractivity contribution in [2.45, 2.75) is 26.7 Å². The fourth-order valence-electron chi connectivity index (χ4n) is 2.13. The van der Waals surface area contributed by atoms with Gasteiger partial charge in [0.15, 0.2) is 0 Å². The number of ether oxygens (including phenoxy) is 1. The lowest BCUT2D eigenvalue weighted by atomic mass is 10.1. The first-order valence-corrected chi connectivity index (χ1v) is 6.49. The Morgan fingerprint density at radius 3 is 2.22 bits per heavy atom. The van der Waals surface area contributed by atoms with E-state index in [1.54, 1.807) is 0 Å². The Balaban J connectivity index is 1.78. The predicted octanol–water partition coefficient (Wildman–Crippen LogP) is 4.32. The smallest absolute Gasteiger partial charge is 0.119 e. The Hall–Kier alpha value is -1.76. The van der Waals surface area contributed by atoms with Crippen LogP contribution in [-0.2, 0) is 6.42 Å². The number of rotatable bonds is 5.